The summed E-state index contributed by atoms with van der Waals surface area (Å²) in [6.07, 6.45) is 1.46. The zero-order valence-electron chi connectivity index (χ0n) is 16.3. The number of nitrogens with one attached hydrogen (secondary N) is 1. The van der Waals surface area contributed by atoms with Gasteiger partial charge in [0.05, 0.1) is 17.3 Å². The van der Waals surface area contributed by atoms with E-state index in [4.69, 9.17) is 5.10 Å². The van der Waals surface area contributed by atoms with Crippen LogP contribution in [0.25, 0.3) is 5.69 Å². The minimum Gasteiger partial charge on any atom is -0.343 e. The van der Waals surface area contributed by atoms with Gasteiger partial charge in [0, 0.05) is 28.1 Å². The van der Waals surface area contributed by atoms with Crippen LogP contribution in [0.5, 0.6) is 0 Å². The molecule has 0 spiro atoms. The van der Waals surface area contributed by atoms with Crippen molar-refractivity contribution in [2.45, 2.75) is 39.5 Å². The smallest absolute Gasteiger partial charge is 0.162 e. The van der Waals surface area contributed by atoms with E-state index in [1.165, 1.54) is 4.88 Å². The molecule has 2 aromatic heterocycles. The first-order chi connectivity index (χ1) is 13.4. The molecule has 0 unspecified atom stereocenters. The number of benzene rings is 1. The van der Waals surface area contributed by atoms with E-state index in [9.17, 15) is 4.79 Å². The molecule has 1 aromatic carbocycles. The number of anilines is 1. The second-order valence-electron chi connectivity index (χ2n) is 8.50. The molecule has 0 fully saturated rings. The second-order valence-corrected chi connectivity index (χ2v) is 9.48. The molecule has 2 aliphatic rings. The first-order valence-electron chi connectivity index (χ1n) is 9.66. The van der Waals surface area contributed by atoms with Crippen molar-refractivity contribution in [2.75, 3.05) is 5.32 Å². The first kappa shape index (κ1) is 17.4. The molecular weight excluding hydrogens is 366 g/mol. The summed E-state index contributed by atoms with van der Waals surface area (Å²) in [6, 6.07) is 14.4. The molecule has 0 radical (unpaired) electrons. The lowest BCUT2D eigenvalue weighted by Crippen LogP contribution is -2.34. The quantitative estimate of drug-likeness (QED) is 0.634. The Labute approximate surface area is 168 Å². The van der Waals surface area contributed by atoms with Crippen LogP contribution < -0.4 is 5.32 Å². The average Bonchev–Trinajstić information content (AvgIpc) is 3.28. The summed E-state index contributed by atoms with van der Waals surface area (Å²) in [4.78, 5) is 14.4. The van der Waals surface area contributed by atoms with Gasteiger partial charge in [-0.25, -0.2) is 4.68 Å². The highest BCUT2D eigenvalue weighted by atomic mass is 32.1. The minimum atomic E-state index is -0.0349. The summed E-state index contributed by atoms with van der Waals surface area (Å²) >= 11 is 1.71. The molecule has 1 aliphatic carbocycles. The third-order valence-corrected chi connectivity index (χ3v) is 6.64. The van der Waals surface area contributed by atoms with Crippen molar-refractivity contribution >= 4 is 22.9 Å². The Morgan fingerprint density at radius 1 is 1.14 bits per heavy atom. The molecule has 0 saturated heterocycles. The van der Waals surface area contributed by atoms with E-state index in [2.05, 4.69) is 48.8 Å². The average molecular weight is 390 g/mol. The van der Waals surface area contributed by atoms with Gasteiger partial charge in [0.2, 0.25) is 0 Å². The number of carbonyl (C=O) groups is 1. The summed E-state index contributed by atoms with van der Waals surface area (Å²) in [5, 5.41) is 10.6. The van der Waals surface area contributed by atoms with E-state index >= 15 is 0 Å². The monoisotopic (exact) mass is 389 g/mol. The van der Waals surface area contributed by atoms with Gasteiger partial charge >= 0.3 is 0 Å². The zero-order valence-corrected chi connectivity index (χ0v) is 17.1. The van der Waals surface area contributed by atoms with Gasteiger partial charge < -0.3 is 5.32 Å². The number of carbonyl (C=O) groups excluding carboxylic acids is 1. The lowest BCUT2D eigenvalue weighted by atomic mass is 9.70. The molecule has 1 aliphatic heterocycles. The molecule has 0 amide bonds. The topological polar surface area (TPSA) is 46.9 Å². The van der Waals surface area contributed by atoms with Gasteiger partial charge in [0.25, 0.3) is 0 Å². The molecule has 3 aromatic rings. The van der Waals surface area contributed by atoms with E-state index in [-0.39, 0.29) is 17.1 Å². The summed E-state index contributed by atoms with van der Waals surface area (Å²) in [5.41, 5.74) is 5.07. The standard InChI is InChI=1S/C23H23N3OS/c1-14-19-21(18-10-7-11-28-18)20-16(12-23(2,3)13-17(20)27)24-22(19)26(25-14)15-8-5-4-6-9-15/h4-11,21,24H,12-13H2,1-3H3/t21-/m0/s1. The Morgan fingerprint density at radius 3 is 2.64 bits per heavy atom. The number of hydrogen-bond acceptors (Lipinski definition) is 4. The van der Waals surface area contributed by atoms with E-state index < -0.39 is 0 Å². The molecule has 1 atom stereocenters. The van der Waals surface area contributed by atoms with Crippen LogP contribution in [0.2, 0.25) is 0 Å². The Hall–Kier alpha value is -2.66. The van der Waals surface area contributed by atoms with E-state index in [0.717, 1.165) is 40.5 Å². The molecule has 4 nitrogen and oxygen atoms in total. The van der Waals surface area contributed by atoms with Gasteiger partial charge in [-0.15, -0.1) is 11.3 Å². The van der Waals surface area contributed by atoms with Crippen LogP contribution in [-0.4, -0.2) is 15.6 Å². The van der Waals surface area contributed by atoms with Gasteiger partial charge in [-0.2, -0.15) is 5.10 Å². The number of allylic oxidation sites excluding steroid dienone is 2. The van der Waals surface area contributed by atoms with Crippen molar-refractivity contribution in [3.8, 4) is 5.69 Å². The van der Waals surface area contributed by atoms with E-state index in [1.807, 2.05) is 29.8 Å². The van der Waals surface area contributed by atoms with E-state index in [1.54, 1.807) is 11.3 Å². The number of aryl methyl sites for hydroxylation is 1. The maximum Gasteiger partial charge on any atom is 0.162 e. The molecule has 1 N–H and O–H groups in total. The number of aromatic nitrogens is 2. The molecule has 28 heavy (non-hydrogen) atoms. The zero-order chi connectivity index (χ0) is 19.5. The predicted molar refractivity (Wildman–Crippen MR) is 113 cm³/mol. The molecule has 5 heteroatoms. The highest BCUT2D eigenvalue weighted by Gasteiger charge is 2.43. The second kappa shape index (κ2) is 6.17. The summed E-state index contributed by atoms with van der Waals surface area (Å²) in [5.74, 6) is 1.22. The van der Waals surface area contributed by atoms with E-state index in [0.29, 0.717) is 6.42 Å². The Kier molecular flexibility index (Phi) is 3.85. The number of fused-ring (bicyclic) bond motifs is 1. The molecule has 0 bridgehead atoms. The molecule has 0 saturated carbocycles. The third-order valence-electron chi connectivity index (χ3n) is 5.70. The number of nitrogens with zero attached hydrogens (tertiary/aromatic N) is 2. The molecule has 142 valence electrons. The number of rotatable bonds is 2. The fourth-order valence-corrected chi connectivity index (χ4v) is 5.41. The highest BCUT2D eigenvalue weighted by molar-refractivity contribution is 7.10. The van der Waals surface area contributed by atoms with Crippen molar-refractivity contribution in [3.05, 3.63) is 75.2 Å². The SMILES string of the molecule is Cc1nn(-c2ccccc2)c2c1[C@H](c1cccs1)C1=C(CC(C)(C)CC1=O)N2. The largest absolute Gasteiger partial charge is 0.343 e. The van der Waals surface area contributed by atoms with Crippen LogP contribution in [0.4, 0.5) is 5.82 Å². The van der Waals surface area contributed by atoms with Crippen molar-refractivity contribution in [1.82, 2.24) is 9.78 Å². The van der Waals surface area contributed by atoms with Gasteiger partial charge in [0.15, 0.2) is 5.78 Å². The number of Topliss-reactive ketones (excluding diaryl/α,β-unsaturated/α-hetero) is 1. The molecule has 3 heterocycles. The van der Waals surface area contributed by atoms with Crippen molar-refractivity contribution < 1.29 is 4.79 Å². The highest BCUT2D eigenvalue weighted by Crippen LogP contribution is 2.51. The third kappa shape index (κ3) is 2.65. The summed E-state index contributed by atoms with van der Waals surface area (Å²) in [7, 11) is 0. The van der Waals surface area contributed by atoms with Crippen LogP contribution in [0.3, 0.4) is 0 Å². The molecular formula is C23H23N3OS. The minimum absolute atomic E-state index is 0.0347. The van der Waals surface area contributed by atoms with Crippen LogP contribution in [-0.2, 0) is 4.79 Å². The Bertz CT molecular complexity index is 1090. The van der Waals surface area contributed by atoms with Crippen molar-refractivity contribution in [1.29, 1.82) is 0 Å². The summed E-state index contributed by atoms with van der Waals surface area (Å²) < 4.78 is 1.99. The normalized spacial score (nSPS) is 20.5. The van der Waals surface area contributed by atoms with Crippen molar-refractivity contribution in [2.24, 2.45) is 5.41 Å². The lowest BCUT2D eigenvalue weighted by molar-refractivity contribution is -0.118. The summed E-state index contributed by atoms with van der Waals surface area (Å²) in [6.45, 7) is 6.39. The maximum atomic E-state index is 13.2. The fraction of sp³-hybridized carbons (Fsp3) is 0.304. The number of ketones is 1. The Balaban J connectivity index is 1.75. The van der Waals surface area contributed by atoms with Crippen LogP contribution >= 0.6 is 11.3 Å². The van der Waals surface area contributed by atoms with Gasteiger partial charge in [-0.3, -0.25) is 4.79 Å². The first-order valence-corrected chi connectivity index (χ1v) is 10.5. The number of para-hydroxylation sites is 1. The van der Waals surface area contributed by atoms with Crippen molar-refractivity contribution in [3.63, 3.8) is 0 Å². The lowest BCUT2D eigenvalue weighted by Gasteiger charge is -2.38. The van der Waals surface area contributed by atoms with Gasteiger partial charge in [-0.05, 0) is 42.3 Å². The maximum absolute atomic E-state index is 13.2. The fourth-order valence-electron chi connectivity index (χ4n) is 4.57. The predicted octanol–water partition coefficient (Wildman–Crippen LogP) is 5.44. The number of thiophene rings is 1. The van der Waals surface area contributed by atoms with Gasteiger partial charge in [-0.1, -0.05) is 38.1 Å². The van der Waals surface area contributed by atoms with Gasteiger partial charge in [0.1, 0.15) is 5.82 Å². The van der Waals surface area contributed by atoms with Crippen LogP contribution in [0.1, 0.15) is 48.7 Å². The van der Waals surface area contributed by atoms with Crippen LogP contribution in [0.15, 0.2) is 59.1 Å². The van der Waals surface area contributed by atoms with Crippen LogP contribution in [0, 0.1) is 12.3 Å². The number of hydrogen-bond donors (Lipinski definition) is 1. The molecule has 5 rings (SSSR count). The Morgan fingerprint density at radius 2 is 1.93 bits per heavy atom.